The van der Waals surface area contributed by atoms with Crippen molar-refractivity contribution in [3.8, 4) is 0 Å². The van der Waals surface area contributed by atoms with Gasteiger partial charge < -0.3 is 4.90 Å². The largest absolute Gasteiger partial charge is 0.301 e. The van der Waals surface area contributed by atoms with E-state index in [1.165, 1.54) is 19.3 Å². The third-order valence-electron chi connectivity index (χ3n) is 3.41. The van der Waals surface area contributed by atoms with Crippen LogP contribution in [0.3, 0.4) is 0 Å². The average Bonchev–Trinajstić information content (AvgIpc) is 1.94. The third-order valence-corrected chi connectivity index (χ3v) is 3.41. The van der Waals surface area contributed by atoms with Gasteiger partial charge in [0.05, 0.1) is 0 Å². The van der Waals surface area contributed by atoms with E-state index in [-0.39, 0.29) is 0 Å². The van der Waals surface area contributed by atoms with Crippen molar-refractivity contribution in [3.05, 3.63) is 0 Å². The van der Waals surface area contributed by atoms with Crippen LogP contribution in [0.1, 0.15) is 47.0 Å². The van der Waals surface area contributed by atoms with Crippen LogP contribution in [0.2, 0.25) is 0 Å². The van der Waals surface area contributed by atoms with Crippen molar-refractivity contribution in [3.63, 3.8) is 0 Å². The van der Waals surface area contributed by atoms with E-state index in [0.29, 0.717) is 6.04 Å². The zero-order chi connectivity index (χ0) is 10.0. The molecule has 0 aromatic heterocycles. The lowest BCUT2D eigenvalue weighted by atomic mass is 9.75. The molecule has 0 unspecified atom stereocenters. The molecule has 0 bridgehead atoms. The molecule has 0 spiro atoms. The molecule has 1 fully saturated rings. The molecule has 0 aromatic carbocycles. The van der Waals surface area contributed by atoms with Gasteiger partial charge in [0.1, 0.15) is 0 Å². The van der Waals surface area contributed by atoms with Crippen molar-refractivity contribution in [1.29, 1.82) is 0 Å². The second kappa shape index (κ2) is 4.45. The molecular formula is C12H25N. The van der Waals surface area contributed by atoms with Gasteiger partial charge in [-0.3, -0.25) is 0 Å². The fourth-order valence-corrected chi connectivity index (χ4v) is 2.31. The Kier molecular flexibility index (Phi) is 3.78. The molecule has 0 amide bonds. The first-order valence-corrected chi connectivity index (χ1v) is 5.72. The minimum absolute atomic E-state index is 0.713. The summed E-state index contributed by atoms with van der Waals surface area (Å²) in [6, 6.07) is 1.59. The monoisotopic (exact) mass is 183 g/mol. The highest BCUT2D eigenvalue weighted by Gasteiger charge is 2.32. The highest BCUT2D eigenvalue weighted by atomic mass is 15.2. The molecule has 1 saturated carbocycles. The van der Waals surface area contributed by atoms with Crippen LogP contribution in [0, 0.1) is 11.8 Å². The number of rotatable bonds is 4. The molecule has 1 rings (SSSR count). The molecular weight excluding hydrogens is 158 g/mol. The normalized spacial score (nSPS) is 28.6. The summed E-state index contributed by atoms with van der Waals surface area (Å²) >= 11 is 0. The van der Waals surface area contributed by atoms with Crippen LogP contribution in [0.5, 0.6) is 0 Å². The molecule has 0 saturated heterocycles. The molecule has 78 valence electrons. The lowest BCUT2D eigenvalue weighted by Gasteiger charge is -2.43. The lowest BCUT2D eigenvalue weighted by molar-refractivity contribution is 0.0670. The summed E-state index contributed by atoms with van der Waals surface area (Å²) in [4.78, 5) is 2.52. The number of nitrogens with zero attached hydrogens (tertiary/aromatic N) is 1. The van der Waals surface area contributed by atoms with Gasteiger partial charge in [-0.05, 0) is 52.0 Å². The predicted octanol–water partition coefficient (Wildman–Crippen LogP) is 3.15. The molecule has 1 aliphatic carbocycles. The highest BCUT2D eigenvalue weighted by Crippen LogP contribution is 2.36. The van der Waals surface area contributed by atoms with E-state index in [4.69, 9.17) is 0 Å². The van der Waals surface area contributed by atoms with Crippen LogP contribution in [-0.4, -0.2) is 24.0 Å². The van der Waals surface area contributed by atoms with Gasteiger partial charge in [-0.15, -0.1) is 0 Å². The van der Waals surface area contributed by atoms with E-state index >= 15 is 0 Å². The third kappa shape index (κ3) is 2.98. The molecule has 1 heteroatoms. The van der Waals surface area contributed by atoms with Crippen LogP contribution < -0.4 is 0 Å². The van der Waals surface area contributed by atoms with Crippen molar-refractivity contribution in [2.24, 2.45) is 11.8 Å². The van der Waals surface area contributed by atoms with E-state index < -0.39 is 0 Å². The van der Waals surface area contributed by atoms with Crippen LogP contribution >= 0.6 is 0 Å². The molecule has 0 atom stereocenters. The molecule has 0 N–H and O–H groups in total. The minimum atomic E-state index is 0.713. The first kappa shape index (κ1) is 11.0. The van der Waals surface area contributed by atoms with Crippen LogP contribution in [0.15, 0.2) is 0 Å². The number of hydrogen-bond acceptors (Lipinski definition) is 1. The average molecular weight is 183 g/mol. The molecule has 13 heavy (non-hydrogen) atoms. The summed E-state index contributed by atoms with van der Waals surface area (Å²) in [5.74, 6) is 1.90. The van der Waals surface area contributed by atoms with E-state index in [2.05, 4.69) is 39.6 Å². The molecule has 0 aromatic rings. The Morgan fingerprint density at radius 2 is 1.69 bits per heavy atom. The second-order valence-electron chi connectivity index (χ2n) is 5.38. The topological polar surface area (TPSA) is 3.24 Å². The fourth-order valence-electron chi connectivity index (χ4n) is 2.31. The van der Waals surface area contributed by atoms with Crippen molar-refractivity contribution >= 4 is 0 Å². The van der Waals surface area contributed by atoms with Crippen LogP contribution in [0.4, 0.5) is 0 Å². The summed E-state index contributed by atoms with van der Waals surface area (Å²) in [5.41, 5.74) is 0. The molecule has 0 aliphatic heterocycles. The SMILES string of the molecule is CC(C)CC1CC(N(C)C(C)C)C1. The fraction of sp³-hybridized carbons (Fsp3) is 1.00. The predicted molar refractivity (Wildman–Crippen MR) is 58.9 cm³/mol. The maximum absolute atomic E-state index is 2.52. The van der Waals surface area contributed by atoms with Gasteiger partial charge in [0.25, 0.3) is 0 Å². The molecule has 0 radical (unpaired) electrons. The highest BCUT2D eigenvalue weighted by molar-refractivity contribution is 4.87. The van der Waals surface area contributed by atoms with E-state index in [9.17, 15) is 0 Å². The quantitative estimate of drug-likeness (QED) is 0.647. The van der Waals surface area contributed by atoms with Gasteiger partial charge in [0, 0.05) is 12.1 Å². The van der Waals surface area contributed by atoms with Gasteiger partial charge in [0.2, 0.25) is 0 Å². The molecule has 1 aliphatic rings. The van der Waals surface area contributed by atoms with Crippen LogP contribution in [-0.2, 0) is 0 Å². The molecule has 1 nitrogen and oxygen atoms in total. The Bertz CT molecular complexity index is 145. The molecule has 0 heterocycles. The Morgan fingerprint density at radius 3 is 2.08 bits per heavy atom. The number of hydrogen-bond donors (Lipinski definition) is 0. The maximum Gasteiger partial charge on any atom is 0.0100 e. The smallest absolute Gasteiger partial charge is 0.0100 e. The summed E-state index contributed by atoms with van der Waals surface area (Å²) in [6.07, 6.45) is 4.31. The Hall–Kier alpha value is -0.0400. The van der Waals surface area contributed by atoms with Crippen LogP contribution in [0.25, 0.3) is 0 Å². The summed E-state index contributed by atoms with van der Waals surface area (Å²) < 4.78 is 0. The van der Waals surface area contributed by atoms with Gasteiger partial charge in [-0.1, -0.05) is 13.8 Å². The van der Waals surface area contributed by atoms with E-state index in [1.54, 1.807) is 0 Å². The van der Waals surface area contributed by atoms with Crippen molar-refractivity contribution in [2.75, 3.05) is 7.05 Å². The zero-order valence-electron chi connectivity index (χ0n) is 9.88. The summed E-state index contributed by atoms with van der Waals surface area (Å²) in [7, 11) is 2.26. The van der Waals surface area contributed by atoms with Gasteiger partial charge in [-0.25, -0.2) is 0 Å². The first-order valence-electron chi connectivity index (χ1n) is 5.72. The zero-order valence-corrected chi connectivity index (χ0v) is 9.88. The minimum Gasteiger partial charge on any atom is -0.301 e. The van der Waals surface area contributed by atoms with Gasteiger partial charge in [-0.2, -0.15) is 0 Å². The van der Waals surface area contributed by atoms with Gasteiger partial charge >= 0.3 is 0 Å². The summed E-state index contributed by atoms with van der Waals surface area (Å²) in [6.45, 7) is 9.24. The Labute approximate surface area is 83.5 Å². The lowest BCUT2D eigenvalue weighted by Crippen LogP contribution is -2.45. The Morgan fingerprint density at radius 1 is 1.15 bits per heavy atom. The second-order valence-corrected chi connectivity index (χ2v) is 5.38. The standard InChI is InChI=1S/C12H25N/c1-9(2)6-11-7-12(8-11)13(5)10(3)4/h9-12H,6-8H2,1-5H3. The maximum atomic E-state index is 2.52. The van der Waals surface area contributed by atoms with Crippen molar-refractivity contribution < 1.29 is 0 Å². The van der Waals surface area contributed by atoms with Crippen molar-refractivity contribution in [2.45, 2.75) is 59.0 Å². The Balaban J connectivity index is 2.18. The van der Waals surface area contributed by atoms with Gasteiger partial charge in [0.15, 0.2) is 0 Å². The first-order chi connectivity index (χ1) is 6.00. The van der Waals surface area contributed by atoms with Crippen molar-refractivity contribution in [1.82, 2.24) is 4.90 Å². The van der Waals surface area contributed by atoms with E-state index in [1.807, 2.05) is 0 Å². The summed E-state index contributed by atoms with van der Waals surface area (Å²) in [5, 5.41) is 0. The van der Waals surface area contributed by atoms with E-state index in [0.717, 1.165) is 17.9 Å².